The van der Waals surface area contributed by atoms with E-state index in [1.807, 2.05) is 30.8 Å². The highest BCUT2D eigenvalue weighted by Crippen LogP contribution is 2.17. The van der Waals surface area contributed by atoms with Gasteiger partial charge in [-0.1, -0.05) is 13.8 Å². The summed E-state index contributed by atoms with van der Waals surface area (Å²) in [5.74, 6) is 3.18. The van der Waals surface area contributed by atoms with Gasteiger partial charge in [-0.3, -0.25) is 0 Å². The van der Waals surface area contributed by atoms with E-state index in [0.29, 0.717) is 5.82 Å². The zero-order valence-corrected chi connectivity index (χ0v) is 11.8. The van der Waals surface area contributed by atoms with Crippen LogP contribution in [0.4, 0.5) is 5.82 Å². The zero-order valence-electron chi connectivity index (χ0n) is 11.8. The summed E-state index contributed by atoms with van der Waals surface area (Å²) in [7, 11) is 1.84. The molecule has 1 N–H and O–H groups in total. The van der Waals surface area contributed by atoms with Crippen LogP contribution in [0.1, 0.15) is 25.5 Å². The fourth-order valence-corrected chi connectivity index (χ4v) is 2.12. The van der Waals surface area contributed by atoms with Crippen LogP contribution in [0.25, 0.3) is 11.5 Å². The van der Waals surface area contributed by atoms with E-state index < -0.39 is 0 Å². The van der Waals surface area contributed by atoms with Crippen LogP contribution in [0, 0.1) is 0 Å². The molecule has 0 spiro atoms. The smallest absolute Gasteiger partial charge is 0.201 e. The van der Waals surface area contributed by atoms with Crippen molar-refractivity contribution in [2.24, 2.45) is 0 Å². The molecule has 3 rings (SSSR count). The molecule has 0 aromatic carbocycles. The third-order valence-electron chi connectivity index (χ3n) is 3.16. The summed E-state index contributed by atoms with van der Waals surface area (Å²) < 4.78 is 3.73. The van der Waals surface area contributed by atoms with Gasteiger partial charge in [-0.05, 0) is 0 Å². The van der Waals surface area contributed by atoms with Crippen LogP contribution in [0.3, 0.4) is 0 Å². The van der Waals surface area contributed by atoms with Gasteiger partial charge in [0.25, 0.3) is 0 Å². The largest absolute Gasteiger partial charge is 0.372 e. The Hall–Kier alpha value is -2.44. The van der Waals surface area contributed by atoms with Crippen molar-refractivity contribution in [3.05, 3.63) is 30.2 Å². The number of aromatic nitrogens is 6. The molecule has 0 aliphatic rings. The molecule has 0 unspecified atom stereocenters. The Kier molecular flexibility index (Phi) is 3.09. The minimum atomic E-state index is 0.700. The second-order valence-electron chi connectivity index (χ2n) is 4.42. The first kappa shape index (κ1) is 12.6. The highest BCUT2D eigenvalue weighted by Gasteiger charge is 2.15. The Balaban J connectivity index is 2.27. The molecular weight excluding hydrogens is 254 g/mol. The highest BCUT2D eigenvalue weighted by atomic mass is 15.4. The number of anilines is 1. The Morgan fingerprint density at radius 3 is 2.75 bits per heavy atom. The van der Waals surface area contributed by atoms with E-state index in [1.165, 1.54) is 0 Å². The molecule has 20 heavy (non-hydrogen) atoms. The van der Waals surface area contributed by atoms with Crippen LogP contribution in [0.15, 0.2) is 18.6 Å². The minimum absolute atomic E-state index is 0.700. The average Bonchev–Trinajstić information content (AvgIpc) is 3.11. The van der Waals surface area contributed by atoms with E-state index in [2.05, 4.69) is 32.3 Å². The van der Waals surface area contributed by atoms with Gasteiger partial charge < -0.3 is 9.72 Å². The lowest BCUT2D eigenvalue weighted by atomic mass is 10.4. The molecule has 0 saturated heterocycles. The molecule has 0 fully saturated rings. The molecule has 3 aromatic rings. The van der Waals surface area contributed by atoms with Gasteiger partial charge in [-0.15, -0.1) is 5.10 Å². The van der Waals surface area contributed by atoms with Gasteiger partial charge in [0.1, 0.15) is 11.6 Å². The maximum atomic E-state index is 4.58. The summed E-state index contributed by atoms with van der Waals surface area (Å²) in [5.41, 5.74) is 0.770. The van der Waals surface area contributed by atoms with Crippen LogP contribution in [-0.4, -0.2) is 36.2 Å². The lowest BCUT2D eigenvalue weighted by Crippen LogP contribution is -2.09. The maximum Gasteiger partial charge on any atom is 0.201 e. The van der Waals surface area contributed by atoms with Gasteiger partial charge in [-0.2, -0.15) is 4.68 Å². The van der Waals surface area contributed by atoms with Gasteiger partial charge in [0.15, 0.2) is 11.5 Å². The number of nitrogens with one attached hydrogen (secondary N) is 1. The van der Waals surface area contributed by atoms with Gasteiger partial charge in [0.05, 0.1) is 6.20 Å². The van der Waals surface area contributed by atoms with E-state index in [4.69, 9.17) is 0 Å². The first-order chi connectivity index (χ1) is 9.76. The SMILES string of the molecule is CCc1nc(CC)n(-c2nc(NC)cn3ccnc23)n1. The fraction of sp³-hybridized carbons (Fsp3) is 0.385. The van der Waals surface area contributed by atoms with E-state index in [9.17, 15) is 0 Å². The van der Waals surface area contributed by atoms with Crippen molar-refractivity contribution in [3.63, 3.8) is 0 Å². The fourth-order valence-electron chi connectivity index (χ4n) is 2.12. The van der Waals surface area contributed by atoms with E-state index in [1.54, 1.807) is 10.9 Å². The van der Waals surface area contributed by atoms with Crippen LogP contribution in [0.2, 0.25) is 0 Å². The van der Waals surface area contributed by atoms with Gasteiger partial charge >= 0.3 is 0 Å². The van der Waals surface area contributed by atoms with Crippen LogP contribution < -0.4 is 5.32 Å². The van der Waals surface area contributed by atoms with E-state index in [-0.39, 0.29) is 0 Å². The quantitative estimate of drug-likeness (QED) is 0.778. The molecule has 0 saturated carbocycles. The van der Waals surface area contributed by atoms with E-state index in [0.717, 1.165) is 36.0 Å². The molecule has 7 nitrogen and oxygen atoms in total. The Morgan fingerprint density at radius 1 is 1.20 bits per heavy atom. The summed E-state index contributed by atoms with van der Waals surface area (Å²) in [6, 6.07) is 0. The van der Waals surface area contributed by atoms with Crippen LogP contribution in [0.5, 0.6) is 0 Å². The van der Waals surface area contributed by atoms with Crippen molar-refractivity contribution in [1.82, 2.24) is 29.1 Å². The van der Waals surface area contributed by atoms with Gasteiger partial charge in [-0.25, -0.2) is 15.0 Å². The predicted molar refractivity (Wildman–Crippen MR) is 76.2 cm³/mol. The summed E-state index contributed by atoms with van der Waals surface area (Å²) in [5, 5.41) is 7.59. The first-order valence-electron chi connectivity index (χ1n) is 6.73. The molecule has 0 bridgehead atoms. The summed E-state index contributed by atoms with van der Waals surface area (Å²) in [6.45, 7) is 4.10. The monoisotopic (exact) mass is 271 g/mol. The number of hydrogen-bond acceptors (Lipinski definition) is 5. The van der Waals surface area contributed by atoms with Gasteiger partial charge in [0.2, 0.25) is 5.82 Å². The molecular formula is C13H17N7. The number of hydrogen-bond donors (Lipinski definition) is 1. The molecule has 0 amide bonds. The lowest BCUT2D eigenvalue weighted by Gasteiger charge is -2.08. The average molecular weight is 271 g/mol. The number of imidazole rings is 1. The Labute approximate surface area is 116 Å². The van der Waals surface area contributed by atoms with Crippen molar-refractivity contribution >= 4 is 11.5 Å². The second kappa shape index (κ2) is 4.92. The van der Waals surface area contributed by atoms with Crippen LogP contribution in [-0.2, 0) is 12.8 Å². The molecule has 104 valence electrons. The van der Waals surface area contributed by atoms with Crippen molar-refractivity contribution in [2.45, 2.75) is 26.7 Å². The molecule has 0 atom stereocenters. The van der Waals surface area contributed by atoms with Crippen molar-refractivity contribution < 1.29 is 0 Å². The van der Waals surface area contributed by atoms with Crippen molar-refractivity contribution in [2.75, 3.05) is 12.4 Å². The second-order valence-corrected chi connectivity index (χ2v) is 4.42. The number of nitrogens with zero attached hydrogens (tertiary/aromatic N) is 6. The molecule has 0 aliphatic carbocycles. The zero-order chi connectivity index (χ0) is 14.1. The summed E-state index contributed by atoms with van der Waals surface area (Å²) >= 11 is 0. The molecule has 0 radical (unpaired) electrons. The molecule has 3 aromatic heterocycles. The van der Waals surface area contributed by atoms with E-state index >= 15 is 0 Å². The topological polar surface area (TPSA) is 72.9 Å². The normalized spacial score (nSPS) is 11.2. The maximum absolute atomic E-state index is 4.58. The third-order valence-corrected chi connectivity index (χ3v) is 3.16. The molecule has 7 heteroatoms. The standard InChI is InChI=1S/C13H17N7/c1-4-9-16-11(5-2)20(18-9)13-12-15-6-7-19(12)8-10(14-3)17-13/h6-8,14H,4-5H2,1-3H3. The molecule has 0 aliphatic heterocycles. The predicted octanol–water partition coefficient (Wildman–Crippen LogP) is 1.48. The third kappa shape index (κ3) is 1.91. The Bertz CT molecular complexity index is 740. The van der Waals surface area contributed by atoms with Crippen LogP contribution >= 0.6 is 0 Å². The summed E-state index contributed by atoms with van der Waals surface area (Å²) in [4.78, 5) is 13.5. The lowest BCUT2D eigenvalue weighted by molar-refractivity contribution is 0.768. The number of aryl methyl sites for hydroxylation is 2. The Morgan fingerprint density at radius 2 is 2.05 bits per heavy atom. The van der Waals surface area contributed by atoms with Gasteiger partial charge in [0, 0.05) is 32.3 Å². The van der Waals surface area contributed by atoms with Crippen molar-refractivity contribution in [1.29, 1.82) is 0 Å². The number of fused-ring (bicyclic) bond motifs is 1. The first-order valence-corrected chi connectivity index (χ1v) is 6.73. The number of rotatable bonds is 4. The molecule has 3 heterocycles. The summed E-state index contributed by atoms with van der Waals surface area (Å²) in [6.07, 6.45) is 7.14. The highest BCUT2D eigenvalue weighted by molar-refractivity contribution is 5.58. The minimum Gasteiger partial charge on any atom is -0.372 e. The van der Waals surface area contributed by atoms with Crippen molar-refractivity contribution in [3.8, 4) is 5.82 Å².